The largest absolute Gasteiger partial charge is 0.377 e. The number of hydrogen-bond donors (Lipinski definition) is 0. The summed E-state index contributed by atoms with van der Waals surface area (Å²) in [6.45, 7) is 3.73. The van der Waals surface area contributed by atoms with Crippen molar-refractivity contribution < 1.29 is 14.3 Å². The minimum atomic E-state index is 0.0671. The van der Waals surface area contributed by atoms with Gasteiger partial charge in [-0.3, -0.25) is 4.79 Å². The number of hydrogen-bond acceptors (Lipinski definition) is 3. The normalized spacial score (nSPS) is 6.75. The molecule has 0 saturated heterocycles. The first-order valence-corrected chi connectivity index (χ1v) is 2.04. The molecule has 8 heavy (non-hydrogen) atoms. The van der Waals surface area contributed by atoms with Gasteiger partial charge in [-0.1, -0.05) is 0 Å². The molecule has 0 aromatic rings. The second-order valence-corrected chi connectivity index (χ2v) is 1.14. The molecule has 0 aromatic carbocycles. The van der Waals surface area contributed by atoms with Crippen LogP contribution in [-0.2, 0) is 14.3 Å². The van der Waals surface area contributed by atoms with Crippen molar-refractivity contribution in [2.75, 3.05) is 13.7 Å². The molecule has 3 heteroatoms. The molecule has 0 spiro atoms. The first kappa shape index (κ1) is 10.3. The third-order valence-electron chi connectivity index (χ3n) is 0.348. The Hall–Kier alpha value is -0.700. The zero-order valence-corrected chi connectivity index (χ0v) is 5.14. The van der Waals surface area contributed by atoms with Gasteiger partial charge in [-0.05, 0) is 6.92 Å². The van der Waals surface area contributed by atoms with Crippen LogP contribution in [-0.4, -0.2) is 26.3 Å². The Morgan fingerprint density at radius 3 is 2.00 bits per heavy atom. The zero-order valence-electron chi connectivity index (χ0n) is 5.14. The van der Waals surface area contributed by atoms with Gasteiger partial charge < -0.3 is 9.53 Å². The van der Waals surface area contributed by atoms with Gasteiger partial charge >= 0.3 is 0 Å². The summed E-state index contributed by atoms with van der Waals surface area (Å²) in [6, 6.07) is 0. The zero-order chi connectivity index (χ0) is 6.99. The van der Waals surface area contributed by atoms with E-state index >= 15 is 0 Å². The molecule has 0 aromatic heterocycles. The van der Waals surface area contributed by atoms with Crippen LogP contribution in [0.2, 0.25) is 0 Å². The van der Waals surface area contributed by atoms with Crippen LogP contribution in [0.5, 0.6) is 0 Å². The summed E-state index contributed by atoms with van der Waals surface area (Å²) in [5.41, 5.74) is 0. The molecule has 48 valence electrons. The van der Waals surface area contributed by atoms with Gasteiger partial charge in [0, 0.05) is 7.11 Å². The molecule has 0 radical (unpaired) electrons. The van der Waals surface area contributed by atoms with Crippen LogP contribution >= 0.6 is 0 Å². The van der Waals surface area contributed by atoms with Crippen molar-refractivity contribution in [3.05, 3.63) is 0 Å². The molecule has 0 aliphatic heterocycles. The topological polar surface area (TPSA) is 43.4 Å². The summed E-state index contributed by atoms with van der Waals surface area (Å²) in [6.07, 6.45) is 0. The van der Waals surface area contributed by atoms with E-state index in [2.05, 4.69) is 4.74 Å². The molecule has 0 bridgehead atoms. The Kier molecular flexibility index (Phi) is 12.3. The number of carbonyl (C=O) groups is 2. The maximum atomic E-state index is 9.92. The second-order valence-electron chi connectivity index (χ2n) is 1.14. The predicted molar refractivity (Wildman–Crippen MR) is 29.7 cm³/mol. The summed E-state index contributed by atoms with van der Waals surface area (Å²) in [5.74, 6) is 0.0671. The van der Waals surface area contributed by atoms with Gasteiger partial charge in [-0.2, -0.15) is 0 Å². The molecular formula is C5H10O3. The molecule has 0 atom stereocenters. The predicted octanol–water partition coefficient (Wildman–Crippen LogP) is 0.0369. The van der Waals surface area contributed by atoms with Crippen LogP contribution in [0.15, 0.2) is 0 Å². The van der Waals surface area contributed by atoms with Crippen molar-refractivity contribution in [1.82, 2.24) is 0 Å². The smallest absolute Gasteiger partial charge is 0.155 e. The summed E-state index contributed by atoms with van der Waals surface area (Å²) in [5, 5.41) is 0. The number of methoxy groups -OCH3 is 1. The van der Waals surface area contributed by atoms with E-state index in [1.807, 2.05) is 6.79 Å². The highest BCUT2D eigenvalue weighted by Gasteiger charge is 1.83. The lowest BCUT2D eigenvalue weighted by Crippen LogP contribution is -1.98. The molecule has 0 aliphatic carbocycles. The first-order chi connectivity index (χ1) is 3.77. The van der Waals surface area contributed by atoms with Gasteiger partial charge in [-0.15, -0.1) is 0 Å². The highest BCUT2D eigenvalue weighted by atomic mass is 16.5. The summed E-state index contributed by atoms with van der Waals surface area (Å²) >= 11 is 0. The van der Waals surface area contributed by atoms with Crippen LogP contribution in [0.3, 0.4) is 0 Å². The van der Waals surface area contributed by atoms with Gasteiger partial charge in [0.15, 0.2) is 5.78 Å². The van der Waals surface area contributed by atoms with Crippen LogP contribution in [0, 0.1) is 0 Å². The molecule has 0 rings (SSSR count). The van der Waals surface area contributed by atoms with E-state index in [4.69, 9.17) is 4.79 Å². The Morgan fingerprint density at radius 1 is 1.62 bits per heavy atom. The van der Waals surface area contributed by atoms with E-state index in [0.717, 1.165) is 0 Å². The highest BCUT2D eigenvalue weighted by molar-refractivity contribution is 5.76. The van der Waals surface area contributed by atoms with Gasteiger partial charge in [0.2, 0.25) is 0 Å². The van der Waals surface area contributed by atoms with E-state index in [-0.39, 0.29) is 12.4 Å². The third kappa shape index (κ3) is 18.5. The van der Waals surface area contributed by atoms with Crippen molar-refractivity contribution in [3.63, 3.8) is 0 Å². The molecule has 0 saturated carbocycles. The monoisotopic (exact) mass is 118 g/mol. The standard InChI is InChI=1S/C4H8O2.CH2O/c1-4(5)3-6-2;1-2/h3H2,1-2H3;1H2. The lowest BCUT2D eigenvalue weighted by molar-refractivity contribution is -0.120. The van der Waals surface area contributed by atoms with Gasteiger partial charge in [-0.25, -0.2) is 0 Å². The van der Waals surface area contributed by atoms with Crippen LogP contribution < -0.4 is 0 Å². The van der Waals surface area contributed by atoms with Crippen molar-refractivity contribution in [2.45, 2.75) is 6.92 Å². The lowest BCUT2D eigenvalue weighted by Gasteiger charge is -1.84. The van der Waals surface area contributed by atoms with E-state index in [1.165, 1.54) is 14.0 Å². The SMILES string of the molecule is C=O.COCC(C)=O. The number of carbonyl (C=O) groups excluding carboxylic acids is 2. The van der Waals surface area contributed by atoms with E-state index in [1.54, 1.807) is 0 Å². The molecule has 0 fully saturated rings. The number of rotatable bonds is 2. The second kappa shape index (κ2) is 9.57. The van der Waals surface area contributed by atoms with Crippen LogP contribution in [0.4, 0.5) is 0 Å². The molecule has 0 N–H and O–H groups in total. The average Bonchev–Trinajstić information content (AvgIpc) is 1.72. The molecule has 0 aliphatic rings. The highest BCUT2D eigenvalue weighted by Crippen LogP contribution is 1.65. The van der Waals surface area contributed by atoms with Gasteiger partial charge in [0.25, 0.3) is 0 Å². The Balaban J connectivity index is 0. The van der Waals surface area contributed by atoms with E-state index in [0.29, 0.717) is 0 Å². The fourth-order valence-electron chi connectivity index (χ4n) is 0.203. The molecule has 0 amide bonds. The van der Waals surface area contributed by atoms with Crippen LogP contribution in [0.25, 0.3) is 0 Å². The fraction of sp³-hybridized carbons (Fsp3) is 0.600. The summed E-state index contributed by atoms with van der Waals surface area (Å²) in [4.78, 5) is 17.9. The van der Waals surface area contributed by atoms with Crippen molar-refractivity contribution in [3.8, 4) is 0 Å². The molecule has 0 unspecified atom stereocenters. The maximum Gasteiger partial charge on any atom is 0.155 e. The summed E-state index contributed by atoms with van der Waals surface area (Å²) < 4.78 is 4.45. The van der Waals surface area contributed by atoms with Crippen molar-refractivity contribution in [2.24, 2.45) is 0 Å². The Bertz CT molecular complexity index is 60.7. The van der Waals surface area contributed by atoms with Crippen molar-refractivity contribution in [1.29, 1.82) is 0 Å². The Morgan fingerprint density at radius 2 is 2.00 bits per heavy atom. The Labute approximate surface area is 48.6 Å². The quantitative estimate of drug-likeness (QED) is 0.514. The minimum Gasteiger partial charge on any atom is -0.377 e. The number of ketones is 1. The molecule has 0 heterocycles. The third-order valence-corrected chi connectivity index (χ3v) is 0.348. The van der Waals surface area contributed by atoms with Crippen LogP contribution in [0.1, 0.15) is 6.92 Å². The van der Waals surface area contributed by atoms with E-state index in [9.17, 15) is 4.79 Å². The van der Waals surface area contributed by atoms with Gasteiger partial charge in [0.1, 0.15) is 13.4 Å². The van der Waals surface area contributed by atoms with Gasteiger partial charge in [0.05, 0.1) is 0 Å². The fourth-order valence-corrected chi connectivity index (χ4v) is 0.203. The summed E-state index contributed by atoms with van der Waals surface area (Å²) in [7, 11) is 1.50. The lowest BCUT2D eigenvalue weighted by atomic mass is 10.5. The van der Waals surface area contributed by atoms with Crippen molar-refractivity contribution >= 4 is 12.6 Å². The minimum absolute atomic E-state index is 0.0671. The first-order valence-electron chi connectivity index (χ1n) is 2.04. The number of Topliss-reactive ketones (excluding diaryl/α,β-unsaturated/α-hetero) is 1. The number of ether oxygens (including phenoxy) is 1. The van der Waals surface area contributed by atoms with E-state index < -0.39 is 0 Å². The molecular weight excluding hydrogens is 108 g/mol. The molecule has 3 nitrogen and oxygen atoms in total. The average molecular weight is 118 g/mol. The maximum absolute atomic E-state index is 9.92.